The predicted octanol–water partition coefficient (Wildman–Crippen LogP) is 2.30. The summed E-state index contributed by atoms with van der Waals surface area (Å²) in [7, 11) is 0. The second-order valence-corrected chi connectivity index (χ2v) is 4.17. The molecule has 0 saturated heterocycles. The summed E-state index contributed by atoms with van der Waals surface area (Å²) in [5, 5.41) is 0. The van der Waals surface area contributed by atoms with Crippen LogP contribution in [0.2, 0.25) is 0 Å². The molecule has 17 heavy (non-hydrogen) atoms. The summed E-state index contributed by atoms with van der Waals surface area (Å²) in [6, 6.07) is 6.12. The Morgan fingerprint density at radius 2 is 2.24 bits per heavy atom. The quantitative estimate of drug-likeness (QED) is 0.876. The molecule has 1 unspecified atom stereocenters. The fraction of sp³-hybridized carbons (Fsp3) is 0.385. The molecule has 0 radical (unpaired) electrons. The fourth-order valence-corrected chi connectivity index (χ4v) is 1.90. The summed E-state index contributed by atoms with van der Waals surface area (Å²) in [6.45, 7) is 4.18. The van der Waals surface area contributed by atoms with Crippen molar-refractivity contribution in [2.24, 2.45) is 5.73 Å². The van der Waals surface area contributed by atoms with E-state index in [-0.39, 0.29) is 12.1 Å². The summed E-state index contributed by atoms with van der Waals surface area (Å²) in [5.74, 6) is 0. The Balaban J connectivity index is 2.32. The van der Waals surface area contributed by atoms with Crippen molar-refractivity contribution in [3.05, 3.63) is 48.3 Å². The number of rotatable bonds is 4. The van der Waals surface area contributed by atoms with Crippen molar-refractivity contribution < 1.29 is 0 Å². The van der Waals surface area contributed by atoms with Gasteiger partial charge in [-0.1, -0.05) is 13.0 Å². The van der Waals surface area contributed by atoms with Crippen LogP contribution in [0, 0.1) is 0 Å². The molecule has 0 saturated carbocycles. The predicted molar refractivity (Wildman–Crippen MR) is 67.5 cm³/mol. The van der Waals surface area contributed by atoms with Gasteiger partial charge in [0.25, 0.3) is 0 Å². The molecule has 2 atom stereocenters. The molecule has 0 aliphatic heterocycles. The average Bonchev–Trinajstić information content (AvgIpc) is 2.87. The van der Waals surface area contributed by atoms with E-state index in [1.54, 1.807) is 0 Å². The standard InChI is InChI=1S/C13H18N4/c1-3-11(14)13-8-15-9-17(13)10(2)12-6-4-5-7-16-12/h4-11H,3,14H2,1-2H3/t10?,11-/m1/s1. The van der Waals surface area contributed by atoms with E-state index in [9.17, 15) is 0 Å². The Kier molecular flexibility index (Phi) is 3.54. The van der Waals surface area contributed by atoms with E-state index in [1.807, 2.05) is 36.9 Å². The monoisotopic (exact) mass is 230 g/mol. The molecular weight excluding hydrogens is 212 g/mol. The highest BCUT2D eigenvalue weighted by Crippen LogP contribution is 2.21. The topological polar surface area (TPSA) is 56.7 Å². The number of hydrogen-bond acceptors (Lipinski definition) is 3. The van der Waals surface area contributed by atoms with Crippen molar-refractivity contribution in [2.45, 2.75) is 32.4 Å². The lowest BCUT2D eigenvalue weighted by molar-refractivity contribution is 0.549. The van der Waals surface area contributed by atoms with E-state index in [1.165, 1.54) is 0 Å². The van der Waals surface area contributed by atoms with Crippen molar-refractivity contribution in [1.29, 1.82) is 0 Å². The summed E-state index contributed by atoms with van der Waals surface area (Å²) < 4.78 is 2.09. The number of aromatic nitrogens is 3. The Labute approximate surface area is 102 Å². The van der Waals surface area contributed by atoms with Crippen molar-refractivity contribution in [2.75, 3.05) is 0 Å². The molecule has 4 heteroatoms. The lowest BCUT2D eigenvalue weighted by atomic mass is 10.1. The van der Waals surface area contributed by atoms with E-state index in [0.29, 0.717) is 0 Å². The second kappa shape index (κ2) is 5.10. The van der Waals surface area contributed by atoms with Crippen molar-refractivity contribution in [1.82, 2.24) is 14.5 Å². The van der Waals surface area contributed by atoms with Gasteiger partial charge in [-0.05, 0) is 25.5 Å². The molecule has 4 nitrogen and oxygen atoms in total. The van der Waals surface area contributed by atoms with Crippen LogP contribution in [0.25, 0.3) is 0 Å². The van der Waals surface area contributed by atoms with Crippen molar-refractivity contribution >= 4 is 0 Å². The number of hydrogen-bond donors (Lipinski definition) is 1. The van der Waals surface area contributed by atoms with Gasteiger partial charge in [-0.15, -0.1) is 0 Å². The maximum atomic E-state index is 6.07. The molecule has 2 rings (SSSR count). The number of pyridine rings is 1. The number of nitrogens with zero attached hydrogens (tertiary/aromatic N) is 3. The Morgan fingerprint density at radius 1 is 1.41 bits per heavy atom. The van der Waals surface area contributed by atoms with Gasteiger partial charge >= 0.3 is 0 Å². The van der Waals surface area contributed by atoms with Gasteiger partial charge in [0.2, 0.25) is 0 Å². The van der Waals surface area contributed by atoms with Crippen LogP contribution in [-0.4, -0.2) is 14.5 Å². The van der Waals surface area contributed by atoms with Crippen LogP contribution in [0.3, 0.4) is 0 Å². The number of imidazole rings is 1. The SMILES string of the molecule is CC[C@@H](N)c1cncn1C(C)c1ccccn1. The third-order valence-corrected chi connectivity index (χ3v) is 3.05. The third-order valence-electron chi connectivity index (χ3n) is 3.05. The molecule has 2 aromatic heterocycles. The van der Waals surface area contributed by atoms with Gasteiger partial charge in [-0.2, -0.15) is 0 Å². The van der Waals surface area contributed by atoms with Crippen LogP contribution >= 0.6 is 0 Å². The number of nitrogens with two attached hydrogens (primary N) is 1. The lowest BCUT2D eigenvalue weighted by Gasteiger charge is -2.18. The maximum Gasteiger partial charge on any atom is 0.0954 e. The summed E-state index contributed by atoms with van der Waals surface area (Å²) in [4.78, 5) is 8.56. The van der Waals surface area contributed by atoms with Gasteiger partial charge in [0, 0.05) is 18.4 Å². The van der Waals surface area contributed by atoms with Crippen LogP contribution in [0.4, 0.5) is 0 Å². The Hall–Kier alpha value is -1.68. The van der Waals surface area contributed by atoms with Gasteiger partial charge in [-0.25, -0.2) is 4.98 Å². The first kappa shape index (κ1) is 11.8. The molecule has 2 aromatic rings. The van der Waals surface area contributed by atoms with E-state index in [0.717, 1.165) is 17.8 Å². The molecule has 0 fully saturated rings. The zero-order chi connectivity index (χ0) is 12.3. The van der Waals surface area contributed by atoms with Crippen LogP contribution in [-0.2, 0) is 0 Å². The Bertz CT molecular complexity index is 463. The van der Waals surface area contributed by atoms with E-state index >= 15 is 0 Å². The lowest BCUT2D eigenvalue weighted by Crippen LogP contribution is -2.17. The van der Waals surface area contributed by atoms with Crippen LogP contribution < -0.4 is 5.73 Å². The minimum atomic E-state index is 0.0312. The molecular formula is C13H18N4. The average molecular weight is 230 g/mol. The molecule has 0 aliphatic carbocycles. The van der Waals surface area contributed by atoms with Gasteiger partial charge in [0.15, 0.2) is 0 Å². The van der Waals surface area contributed by atoms with Crippen molar-refractivity contribution in [3.8, 4) is 0 Å². The highest BCUT2D eigenvalue weighted by Gasteiger charge is 2.15. The maximum absolute atomic E-state index is 6.07. The van der Waals surface area contributed by atoms with E-state index < -0.39 is 0 Å². The smallest absolute Gasteiger partial charge is 0.0954 e. The first-order valence-corrected chi connectivity index (χ1v) is 5.92. The van der Waals surface area contributed by atoms with E-state index in [4.69, 9.17) is 5.73 Å². The molecule has 0 spiro atoms. The molecule has 0 bridgehead atoms. The molecule has 0 aromatic carbocycles. The van der Waals surface area contributed by atoms with Gasteiger partial charge in [-0.3, -0.25) is 4.98 Å². The molecule has 0 aliphatic rings. The normalized spacial score (nSPS) is 14.5. The van der Waals surface area contributed by atoms with Gasteiger partial charge in [0.05, 0.1) is 23.8 Å². The summed E-state index contributed by atoms with van der Waals surface area (Å²) in [5.41, 5.74) is 8.16. The fourth-order valence-electron chi connectivity index (χ4n) is 1.90. The largest absolute Gasteiger partial charge is 0.324 e. The summed E-state index contributed by atoms with van der Waals surface area (Å²) >= 11 is 0. The van der Waals surface area contributed by atoms with Crippen LogP contribution in [0.15, 0.2) is 36.9 Å². The van der Waals surface area contributed by atoms with E-state index in [2.05, 4.69) is 28.4 Å². The molecule has 90 valence electrons. The first-order valence-electron chi connectivity index (χ1n) is 5.92. The van der Waals surface area contributed by atoms with Crippen molar-refractivity contribution in [3.63, 3.8) is 0 Å². The summed E-state index contributed by atoms with van der Waals surface area (Å²) in [6.07, 6.45) is 6.38. The molecule has 0 amide bonds. The first-order chi connectivity index (χ1) is 8.24. The highest BCUT2D eigenvalue weighted by atomic mass is 15.1. The van der Waals surface area contributed by atoms with Gasteiger partial charge < -0.3 is 10.3 Å². The molecule has 2 heterocycles. The zero-order valence-electron chi connectivity index (χ0n) is 10.2. The third kappa shape index (κ3) is 2.36. The van der Waals surface area contributed by atoms with Gasteiger partial charge in [0.1, 0.15) is 0 Å². The minimum absolute atomic E-state index is 0.0312. The van der Waals surface area contributed by atoms with Crippen LogP contribution in [0.1, 0.15) is 43.7 Å². The zero-order valence-corrected chi connectivity index (χ0v) is 10.2. The van der Waals surface area contributed by atoms with Crippen LogP contribution in [0.5, 0.6) is 0 Å². The second-order valence-electron chi connectivity index (χ2n) is 4.17. The molecule has 2 N–H and O–H groups in total. The minimum Gasteiger partial charge on any atom is -0.324 e. The Morgan fingerprint density at radius 3 is 2.88 bits per heavy atom. The highest BCUT2D eigenvalue weighted by molar-refractivity contribution is 5.14.